The van der Waals surface area contributed by atoms with E-state index in [2.05, 4.69) is 10.0 Å². The summed E-state index contributed by atoms with van der Waals surface area (Å²) in [6.07, 6.45) is 0. The van der Waals surface area contributed by atoms with Crippen molar-refractivity contribution in [3.05, 3.63) is 88.8 Å². The zero-order chi connectivity index (χ0) is 22.3. The van der Waals surface area contributed by atoms with Gasteiger partial charge in [0, 0.05) is 19.6 Å². The molecule has 0 fully saturated rings. The van der Waals surface area contributed by atoms with Crippen molar-refractivity contribution >= 4 is 20.4 Å². The van der Waals surface area contributed by atoms with Crippen molar-refractivity contribution in [3.63, 3.8) is 0 Å². The summed E-state index contributed by atoms with van der Waals surface area (Å²) < 4.78 is 69.8. The molecule has 0 bridgehead atoms. The fourth-order valence-corrected chi connectivity index (χ4v) is 8.50. The number of alkyl halides is 3. The monoisotopic (exact) mass is 465 g/mol. The molecule has 0 spiro atoms. The summed E-state index contributed by atoms with van der Waals surface area (Å²) >= 11 is 0. The summed E-state index contributed by atoms with van der Waals surface area (Å²) in [6, 6.07) is 19.5. The van der Waals surface area contributed by atoms with Gasteiger partial charge in [-0.25, -0.2) is 0 Å². The molecule has 0 unspecified atom stereocenters. The Morgan fingerprint density at radius 2 is 1.42 bits per heavy atom. The van der Waals surface area contributed by atoms with Crippen molar-refractivity contribution in [3.8, 4) is 11.1 Å². The Morgan fingerprint density at radius 1 is 0.903 bits per heavy atom. The Balaban J connectivity index is 2.01. The molecular weight excluding hydrogens is 451 g/mol. The molecule has 0 atom stereocenters. The van der Waals surface area contributed by atoms with Gasteiger partial charge < -0.3 is 0 Å². The molecule has 1 aliphatic heterocycles. The lowest BCUT2D eigenvalue weighted by Crippen LogP contribution is -2.27. The average molecular weight is 465 g/mol. The molecule has 1 aliphatic rings. The van der Waals surface area contributed by atoms with E-state index >= 15 is 0 Å². The maximum Gasteiger partial charge on any atom is 0.524 e. The molecule has 3 aromatic rings. The molecular formula is C20H14F3N3O3S2. The van der Waals surface area contributed by atoms with E-state index in [1.54, 1.807) is 60.7 Å². The highest BCUT2D eigenvalue weighted by atomic mass is 32.3. The minimum absolute atomic E-state index is 0.0496. The van der Waals surface area contributed by atoms with Crippen LogP contribution in [0.4, 0.5) is 13.2 Å². The van der Waals surface area contributed by atoms with E-state index in [-0.39, 0.29) is 11.4 Å². The van der Waals surface area contributed by atoms with Crippen LogP contribution in [0, 0.1) is 0 Å². The lowest BCUT2D eigenvalue weighted by atomic mass is 10.1. The highest BCUT2D eigenvalue weighted by molar-refractivity contribution is 8.33. The first-order valence-corrected chi connectivity index (χ1v) is 11.8. The van der Waals surface area contributed by atoms with Crippen LogP contribution in [-0.2, 0) is 20.3 Å². The minimum Gasteiger partial charge on any atom is -0.200 e. The molecule has 0 radical (unpaired) electrons. The quantitative estimate of drug-likeness (QED) is 0.185. The SMILES string of the molecule is [N-]=[N+]=NCc1ccc(S2(OS(=O)(=O)C(F)(F)F)c3ccccc3-c3ccccc32)cc1. The Labute approximate surface area is 177 Å². The van der Waals surface area contributed by atoms with E-state index in [1.165, 1.54) is 12.1 Å². The molecule has 31 heavy (non-hydrogen) atoms. The second-order valence-electron chi connectivity index (χ2n) is 6.55. The first-order chi connectivity index (χ1) is 14.7. The number of halogens is 3. The fourth-order valence-electron chi connectivity index (χ4n) is 3.44. The van der Waals surface area contributed by atoms with E-state index in [4.69, 9.17) is 9.16 Å². The van der Waals surface area contributed by atoms with Gasteiger partial charge >= 0.3 is 15.6 Å². The van der Waals surface area contributed by atoms with Crippen LogP contribution in [-0.4, -0.2) is 13.9 Å². The molecule has 3 aromatic carbocycles. The fraction of sp³-hybridized carbons (Fsp3) is 0.100. The van der Waals surface area contributed by atoms with E-state index in [1.807, 2.05) is 0 Å². The molecule has 11 heteroatoms. The minimum atomic E-state index is -5.93. The number of hydrogen-bond donors (Lipinski definition) is 0. The Morgan fingerprint density at radius 3 is 1.90 bits per heavy atom. The molecule has 0 N–H and O–H groups in total. The van der Waals surface area contributed by atoms with Crippen LogP contribution >= 0.6 is 10.3 Å². The zero-order valence-corrected chi connectivity index (χ0v) is 17.3. The Hall–Kier alpha value is -2.98. The van der Waals surface area contributed by atoms with Crippen molar-refractivity contribution in [1.82, 2.24) is 0 Å². The average Bonchev–Trinajstić information content (AvgIpc) is 3.03. The highest BCUT2D eigenvalue weighted by Gasteiger charge is 2.54. The number of benzene rings is 3. The predicted octanol–water partition coefficient (Wildman–Crippen LogP) is 6.54. The molecule has 0 amide bonds. The maximum atomic E-state index is 13.4. The third-order valence-corrected chi connectivity index (χ3v) is 9.72. The van der Waals surface area contributed by atoms with Gasteiger partial charge in [0.05, 0.1) is 6.54 Å². The van der Waals surface area contributed by atoms with Gasteiger partial charge in [0.15, 0.2) is 0 Å². The van der Waals surface area contributed by atoms with Gasteiger partial charge in [-0.2, -0.15) is 25.2 Å². The van der Waals surface area contributed by atoms with Gasteiger partial charge in [-0.3, -0.25) is 0 Å². The van der Waals surface area contributed by atoms with Gasteiger partial charge in [0.1, 0.15) is 0 Å². The molecule has 160 valence electrons. The van der Waals surface area contributed by atoms with Crippen LogP contribution < -0.4 is 0 Å². The van der Waals surface area contributed by atoms with Gasteiger partial charge in [-0.15, -0.1) is 0 Å². The van der Waals surface area contributed by atoms with Crippen LogP contribution in [0.5, 0.6) is 0 Å². The lowest BCUT2D eigenvalue weighted by molar-refractivity contribution is -0.0496. The van der Waals surface area contributed by atoms with Crippen LogP contribution in [0.1, 0.15) is 5.56 Å². The zero-order valence-electron chi connectivity index (χ0n) is 15.7. The normalized spacial score (nSPS) is 15.5. The van der Waals surface area contributed by atoms with Crippen molar-refractivity contribution in [2.24, 2.45) is 5.11 Å². The van der Waals surface area contributed by atoms with E-state index in [0.29, 0.717) is 26.5 Å². The van der Waals surface area contributed by atoms with Crippen LogP contribution in [0.15, 0.2) is 92.6 Å². The van der Waals surface area contributed by atoms with Crippen molar-refractivity contribution in [2.45, 2.75) is 26.7 Å². The van der Waals surface area contributed by atoms with Crippen molar-refractivity contribution < 1.29 is 25.2 Å². The first kappa shape index (κ1) is 21.3. The molecule has 0 saturated carbocycles. The molecule has 0 aliphatic carbocycles. The highest BCUT2D eigenvalue weighted by Crippen LogP contribution is 2.77. The van der Waals surface area contributed by atoms with Gasteiger partial charge in [-0.05, 0) is 56.8 Å². The molecule has 6 nitrogen and oxygen atoms in total. The van der Waals surface area contributed by atoms with Crippen LogP contribution in [0.25, 0.3) is 21.6 Å². The molecule has 1 heterocycles. The summed E-state index contributed by atoms with van der Waals surface area (Å²) in [6.45, 7) is 0.0496. The summed E-state index contributed by atoms with van der Waals surface area (Å²) in [7, 11) is -9.18. The topological polar surface area (TPSA) is 92.1 Å². The second-order valence-corrected chi connectivity index (χ2v) is 10.9. The summed E-state index contributed by atoms with van der Waals surface area (Å²) in [5, 5.41) is 3.46. The Bertz CT molecular complexity index is 1260. The third kappa shape index (κ3) is 3.45. The third-order valence-electron chi connectivity index (χ3n) is 4.73. The number of azide groups is 1. The predicted molar refractivity (Wildman–Crippen MR) is 110 cm³/mol. The van der Waals surface area contributed by atoms with E-state index in [9.17, 15) is 21.6 Å². The van der Waals surface area contributed by atoms with Crippen molar-refractivity contribution in [1.29, 1.82) is 0 Å². The maximum absolute atomic E-state index is 13.4. The second kappa shape index (κ2) is 7.61. The van der Waals surface area contributed by atoms with Gasteiger partial charge in [-0.1, -0.05) is 53.6 Å². The smallest absolute Gasteiger partial charge is 0.200 e. The number of fused-ring (bicyclic) bond motifs is 3. The van der Waals surface area contributed by atoms with Gasteiger partial charge in [0.25, 0.3) is 0 Å². The van der Waals surface area contributed by atoms with Crippen molar-refractivity contribution in [2.75, 3.05) is 0 Å². The summed E-state index contributed by atoms with van der Waals surface area (Å²) in [5.74, 6) is 0. The number of nitrogens with zero attached hydrogens (tertiary/aromatic N) is 3. The van der Waals surface area contributed by atoms with E-state index < -0.39 is 25.9 Å². The summed E-state index contributed by atoms with van der Waals surface area (Å²) in [5.41, 5.74) is 4.75. The lowest BCUT2D eigenvalue weighted by Gasteiger charge is -2.36. The van der Waals surface area contributed by atoms with Crippen LogP contribution in [0.3, 0.4) is 0 Å². The number of rotatable bonds is 5. The standard InChI is InChI=1S/C20H14F3N3O3S2/c21-20(22,23)31(27,28)29-30(15-11-9-14(10-12-15)13-25-26-24)18-7-3-1-5-16(18)17-6-2-4-8-19(17)30/h1-12H,13H2. The molecule has 4 rings (SSSR count). The summed E-state index contributed by atoms with van der Waals surface area (Å²) in [4.78, 5) is 3.70. The molecule has 0 saturated heterocycles. The largest absolute Gasteiger partial charge is 0.524 e. The van der Waals surface area contributed by atoms with E-state index in [0.717, 1.165) is 0 Å². The van der Waals surface area contributed by atoms with Crippen LogP contribution in [0.2, 0.25) is 0 Å². The first-order valence-electron chi connectivity index (χ1n) is 8.85. The Kier molecular flexibility index (Phi) is 5.22. The molecule has 0 aromatic heterocycles. The van der Waals surface area contributed by atoms with Gasteiger partial charge in [0.2, 0.25) is 0 Å². The number of hydrogen-bond acceptors (Lipinski definition) is 4.